The molecule has 2 rings (SSSR count). The van der Waals surface area contributed by atoms with E-state index in [2.05, 4.69) is 0 Å². The minimum atomic E-state index is -0.438. The summed E-state index contributed by atoms with van der Waals surface area (Å²) in [6.07, 6.45) is 0. The average Bonchev–Trinajstić information content (AvgIpc) is 2.39. The molecule has 0 aromatic heterocycles. The van der Waals surface area contributed by atoms with Crippen molar-refractivity contribution in [2.45, 2.75) is 0 Å². The summed E-state index contributed by atoms with van der Waals surface area (Å²) in [7, 11) is 0. The van der Waals surface area contributed by atoms with E-state index in [1.165, 1.54) is 0 Å². The van der Waals surface area contributed by atoms with Gasteiger partial charge in [0.05, 0.1) is 5.69 Å². The molecular formula is C13H11NO2. The van der Waals surface area contributed by atoms with E-state index in [9.17, 15) is 10.0 Å². The summed E-state index contributed by atoms with van der Waals surface area (Å²) in [4.78, 5) is 11.8. The number of para-hydroxylation sites is 1. The minimum absolute atomic E-state index is 0.438. The highest BCUT2D eigenvalue weighted by Gasteiger charge is 2.14. The minimum Gasteiger partial charge on any atom is -0.281 e. The van der Waals surface area contributed by atoms with Crippen molar-refractivity contribution in [3.8, 4) is 0 Å². The molecular weight excluding hydrogens is 202 g/mol. The summed E-state index contributed by atoms with van der Waals surface area (Å²) in [6.45, 7) is 0. The second kappa shape index (κ2) is 4.59. The van der Waals surface area contributed by atoms with Crippen LogP contribution in [0.1, 0.15) is 10.4 Å². The third-order valence-corrected chi connectivity index (χ3v) is 2.21. The summed E-state index contributed by atoms with van der Waals surface area (Å²) < 4.78 is 0. The second-order valence-corrected chi connectivity index (χ2v) is 3.32. The van der Waals surface area contributed by atoms with E-state index in [-0.39, 0.29) is 0 Å². The molecule has 0 unspecified atom stereocenters. The number of carbonyl (C=O) groups excluding carboxylic acids is 1. The number of hydrogen-bond acceptors (Lipinski definition) is 2. The third kappa shape index (κ3) is 2.10. The van der Waals surface area contributed by atoms with Crippen LogP contribution in [0.25, 0.3) is 0 Å². The highest BCUT2D eigenvalue weighted by molar-refractivity contribution is 6.04. The highest BCUT2D eigenvalue weighted by Crippen LogP contribution is 2.14. The summed E-state index contributed by atoms with van der Waals surface area (Å²) in [5, 5.41) is 10.4. The molecule has 0 aliphatic heterocycles. The van der Waals surface area contributed by atoms with Crippen molar-refractivity contribution < 1.29 is 10.0 Å². The number of rotatable bonds is 2. The zero-order chi connectivity index (χ0) is 11.4. The van der Waals surface area contributed by atoms with Gasteiger partial charge in [-0.25, -0.2) is 0 Å². The van der Waals surface area contributed by atoms with Gasteiger partial charge in [-0.1, -0.05) is 36.4 Å². The van der Waals surface area contributed by atoms with Crippen LogP contribution in [0.3, 0.4) is 0 Å². The summed E-state index contributed by atoms with van der Waals surface area (Å²) >= 11 is 0. The molecule has 0 bridgehead atoms. The molecule has 1 amide bonds. The average molecular weight is 213 g/mol. The zero-order valence-electron chi connectivity index (χ0n) is 8.58. The van der Waals surface area contributed by atoms with Crippen LogP contribution >= 0.6 is 0 Å². The molecule has 3 heteroatoms. The monoisotopic (exact) mass is 213 g/mol. The molecule has 16 heavy (non-hydrogen) atoms. The van der Waals surface area contributed by atoms with Crippen molar-refractivity contribution in [3.05, 3.63) is 66.2 Å². The Balaban J connectivity index is 2.24. The molecule has 0 spiro atoms. The molecule has 0 fully saturated rings. The summed E-state index contributed by atoms with van der Waals surface area (Å²) in [6, 6.07) is 17.3. The Morgan fingerprint density at radius 3 is 1.94 bits per heavy atom. The first-order valence-corrected chi connectivity index (χ1v) is 4.92. The summed E-state index contributed by atoms with van der Waals surface area (Å²) in [5.41, 5.74) is 0.908. The molecule has 3 nitrogen and oxygen atoms in total. The van der Waals surface area contributed by atoms with Crippen molar-refractivity contribution >= 4 is 11.6 Å². The number of hydroxylamine groups is 1. The van der Waals surface area contributed by atoms with Crippen LogP contribution in [0.5, 0.6) is 0 Å². The van der Waals surface area contributed by atoms with Crippen molar-refractivity contribution in [1.29, 1.82) is 0 Å². The zero-order valence-corrected chi connectivity index (χ0v) is 8.58. The Hall–Kier alpha value is -2.13. The predicted molar refractivity (Wildman–Crippen MR) is 61.5 cm³/mol. The number of benzene rings is 2. The molecule has 1 N–H and O–H groups in total. The van der Waals surface area contributed by atoms with Crippen LogP contribution in [-0.2, 0) is 0 Å². The van der Waals surface area contributed by atoms with Crippen LogP contribution in [0.4, 0.5) is 5.69 Å². The highest BCUT2D eigenvalue weighted by atomic mass is 16.5. The predicted octanol–water partition coefficient (Wildman–Crippen LogP) is 2.72. The van der Waals surface area contributed by atoms with Gasteiger partial charge >= 0.3 is 0 Å². The van der Waals surface area contributed by atoms with Crippen LogP contribution < -0.4 is 5.06 Å². The van der Waals surface area contributed by atoms with E-state index in [4.69, 9.17) is 0 Å². The maximum Gasteiger partial charge on any atom is 0.281 e. The molecule has 0 atom stereocenters. The normalized spacial score (nSPS) is 9.81. The van der Waals surface area contributed by atoms with Gasteiger partial charge in [0, 0.05) is 5.56 Å². The first kappa shape index (κ1) is 10.4. The van der Waals surface area contributed by atoms with Gasteiger partial charge in [0.15, 0.2) is 0 Å². The number of nitrogens with zero attached hydrogens (tertiary/aromatic N) is 1. The van der Waals surface area contributed by atoms with Gasteiger partial charge in [-0.15, -0.1) is 0 Å². The lowest BCUT2D eigenvalue weighted by Crippen LogP contribution is -2.26. The Labute approximate surface area is 93.5 Å². The van der Waals surface area contributed by atoms with Crippen molar-refractivity contribution in [3.63, 3.8) is 0 Å². The maximum atomic E-state index is 11.8. The second-order valence-electron chi connectivity index (χ2n) is 3.32. The van der Waals surface area contributed by atoms with Gasteiger partial charge in [0.25, 0.3) is 5.91 Å². The molecule has 0 radical (unpaired) electrons. The van der Waals surface area contributed by atoms with Crippen molar-refractivity contribution in [2.75, 3.05) is 5.06 Å². The molecule has 0 heterocycles. The standard InChI is InChI=1S/C13H11NO2/c15-13(11-7-3-1-4-8-11)14(16)12-9-5-2-6-10-12/h1-10,16H. The fraction of sp³-hybridized carbons (Fsp3) is 0. The lowest BCUT2D eigenvalue weighted by molar-refractivity contribution is 0.0855. The molecule has 2 aromatic rings. The van der Waals surface area contributed by atoms with E-state index >= 15 is 0 Å². The number of amides is 1. The Morgan fingerprint density at radius 2 is 1.38 bits per heavy atom. The largest absolute Gasteiger partial charge is 0.281 e. The van der Waals surface area contributed by atoms with E-state index in [0.717, 1.165) is 0 Å². The Kier molecular flexibility index (Phi) is 2.98. The van der Waals surface area contributed by atoms with Gasteiger partial charge in [-0.2, -0.15) is 5.06 Å². The Bertz CT molecular complexity index is 468. The van der Waals surface area contributed by atoms with Gasteiger partial charge in [-0.05, 0) is 24.3 Å². The van der Waals surface area contributed by atoms with Gasteiger partial charge < -0.3 is 0 Å². The number of hydrogen-bond donors (Lipinski definition) is 1. The van der Waals surface area contributed by atoms with Crippen LogP contribution in [0.15, 0.2) is 60.7 Å². The number of anilines is 1. The third-order valence-electron chi connectivity index (χ3n) is 2.21. The van der Waals surface area contributed by atoms with Crippen molar-refractivity contribution in [2.24, 2.45) is 0 Å². The Morgan fingerprint density at radius 1 is 0.875 bits per heavy atom. The van der Waals surface area contributed by atoms with Gasteiger partial charge in [-0.3, -0.25) is 10.0 Å². The number of carbonyl (C=O) groups is 1. The van der Waals surface area contributed by atoms with Crippen LogP contribution in [0.2, 0.25) is 0 Å². The van der Waals surface area contributed by atoms with Crippen LogP contribution in [0, 0.1) is 0 Å². The quantitative estimate of drug-likeness (QED) is 0.615. The van der Waals surface area contributed by atoms with E-state index in [0.29, 0.717) is 16.3 Å². The lowest BCUT2D eigenvalue weighted by Gasteiger charge is -2.14. The molecule has 2 aromatic carbocycles. The van der Waals surface area contributed by atoms with E-state index in [1.807, 2.05) is 12.1 Å². The SMILES string of the molecule is O=C(c1ccccc1)N(O)c1ccccc1. The molecule has 0 aliphatic carbocycles. The molecule has 80 valence electrons. The van der Waals surface area contributed by atoms with E-state index in [1.54, 1.807) is 48.5 Å². The smallest absolute Gasteiger partial charge is 0.281 e. The molecule has 0 aliphatic rings. The van der Waals surface area contributed by atoms with Gasteiger partial charge in [0.2, 0.25) is 0 Å². The topological polar surface area (TPSA) is 40.5 Å². The van der Waals surface area contributed by atoms with Crippen LogP contribution in [-0.4, -0.2) is 11.1 Å². The van der Waals surface area contributed by atoms with E-state index < -0.39 is 5.91 Å². The van der Waals surface area contributed by atoms with Crippen molar-refractivity contribution in [1.82, 2.24) is 0 Å². The van der Waals surface area contributed by atoms with Gasteiger partial charge in [0.1, 0.15) is 0 Å². The fourth-order valence-corrected chi connectivity index (χ4v) is 1.39. The molecule has 0 saturated heterocycles. The fourth-order valence-electron chi connectivity index (χ4n) is 1.39. The molecule has 0 saturated carbocycles. The lowest BCUT2D eigenvalue weighted by atomic mass is 10.2. The maximum absolute atomic E-state index is 11.8. The first-order chi connectivity index (χ1) is 7.79. The first-order valence-electron chi connectivity index (χ1n) is 4.92. The summed E-state index contributed by atoms with van der Waals surface area (Å²) in [5.74, 6) is -0.438.